The number of aromatic nitrogens is 3. The van der Waals surface area contributed by atoms with Crippen molar-refractivity contribution < 1.29 is 22.7 Å². The van der Waals surface area contributed by atoms with Crippen LogP contribution in [-0.4, -0.2) is 69.6 Å². The van der Waals surface area contributed by atoms with E-state index in [1.165, 1.54) is 12.3 Å². The van der Waals surface area contributed by atoms with Crippen LogP contribution in [-0.2, 0) is 11.3 Å². The van der Waals surface area contributed by atoms with Gasteiger partial charge in [0.25, 0.3) is 5.56 Å². The minimum absolute atomic E-state index is 0.135. The Morgan fingerprint density at radius 1 is 1.32 bits per heavy atom. The van der Waals surface area contributed by atoms with Gasteiger partial charge < -0.3 is 19.9 Å². The summed E-state index contributed by atoms with van der Waals surface area (Å²) < 4.78 is 49.4. The van der Waals surface area contributed by atoms with E-state index in [4.69, 9.17) is 10.1 Å². The van der Waals surface area contributed by atoms with E-state index in [1.807, 2.05) is 0 Å². The standard InChI is InChI=1S/C22H23F3N6O3/c1-12-3-13(7-27-6-12)17(32)9-31-20-28-18(29-8-14-4-16(29)15(26)10-34-14)5-19(33)30(20)11-21(31,2)22(23,24)25/h3,5-7,14,16,26H,4,8-11H2,1-2H3/t14-,16?,21-/m0/s1. The first-order valence-corrected chi connectivity index (χ1v) is 10.8. The van der Waals surface area contributed by atoms with Gasteiger partial charge in [-0.15, -0.1) is 0 Å². The first-order valence-electron chi connectivity index (χ1n) is 10.8. The fourth-order valence-corrected chi connectivity index (χ4v) is 4.83. The van der Waals surface area contributed by atoms with E-state index in [9.17, 15) is 22.8 Å². The summed E-state index contributed by atoms with van der Waals surface area (Å²) in [5, 5.41) is 8.16. The third-order valence-corrected chi connectivity index (χ3v) is 6.82. The van der Waals surface area contributed by atoms with Crippen LogP contribution in [0.5, 0.6) is 0 Å². The molecule has 3 aliphatic heterocycles. The van der Waals surface area contributed by atoms with Gasteiger partial charge in [0.05, 0.1) is 37.6 Å². The number of nitrogens with zero attached hydrogens (tertiary/aromatic N) is 5. The minimum Gasteiger partial charge on any atom is -0.370 e. The third kappa shape index (κ3) is 3.47. The van der Waals surface area contributed by atoms with Gasteiger partial charge in [-0.2, -0.15) is 18.2 Å². The molecule has 3 atom stereocenters. The summed E-state index contributed by atoms with van der Waals surface area (Å²) in [5.74, 6) is -0.600. The van der Waals surface area contributed by atoms with Gasteiger partial charge in [0.15, 0.2) is 11.3 Å². The van der Waals surface area contributed by atoms with Crippen LogP contribution in [0.4, 0.5) is 24.9 Å². The Morgan fingerprint density at radius 2 is 2.09 bits per heavy atom. The second kappa shape index (κ2) is 7.62. The lowest BCUT2D eigenvalue weighted by atomic mass is 10.00. The largest absolute Gasteiger partial charge is 0.413 e. The monoisotopic (exact) mass is 476 g/mol. The van der Waals surface area contributed by atoms with Gasteiger partial charge in [-0.1, -0.05) is 0 Å². The van der Waals surface area contributed by atoms with Crippen molar-refractivity contribution in [2.45, 2.75) is 50.7 Å². The van der Waals surface area contributed by atoms with Crippen molar-refractivity contribution in [1.29, 1.82) is 5.41 Å². The molecule has 0 radical (unpaired) electrons. The molecule has 9 nitrogen and oxygen atoms in total. The van der Waals surface area contributed by atoms with E-state index in [2.05, 4.69) is 9.97 Å². The molecule has 5 heterocycles. The predicted molar refractivity (Wildman–Crippen MR) is 117 cm³/mol. The lowest BCUT2D eigenvalue weighted by Crippen LogP contribution is -2.57. The van der Waals surface area contributed by atoms with Crippen LogP contribution in [0, 0.1) is 12.3 Å². The number of carbonyl (C=O) groups is 1. The van der Waals surface area contributed by atoms with Crippen molar-refractivity contribution in [3.05, 3.63) is 46.0 Å². The van der Waals surface area contributed by atoms with Crippen LogP contribution in [0.2, 0.25) is 0 Å². The quantitative estimate of drug-likeness (QED) is 0.673. The van der Waals surface area contributed by atoms with Gasteiger partial charge >= 0.3 is 6.18 Å². The maximum atomic E-state index is 14.3. The number of halogens is 3. The summed E-state index contributed by atoms with van der Waals surface area (Å²) in [4.78, 5) is 36.9. The molecule has 12 heteroatoms. The summed E-state index contributed by atoms with van der Waals surface area (Å²) in [6.07, 6.45) is -1.46. The lowest BCUT2D eigenvalue weighted by Gasteiger charge is -2.36. The number of anilines is 2. The molecule has 0 spiro atoms. The van der Waals surface area contributed by atoms with Crippen molar-refractivity contribution in [1.82, 2.24) is 14.5 Å². The van der Waals surface area contributed by atoms with Gasteiger partial charge in [-0.25, -0.2) is 0 Å². The van der Waals surface area contributed by atoms with E-state index in [1.54, 1.807) is 24.1 Å². The van der Waals surface area contributed by atoms with Crippen LogP contribution >= 0.6 is 0 Å². The molecule has 2 fully saturated rings. The fourth-order valence-electron chi connectivity index (χ4n) is 4.83. The predicted octanol–water partition coefficient (Wildman–Crippen LogP) is 1.97. The Kier molecular flexibility index (Phi) is 5.04. The first-order chi connectivity index (χ1) is 16.0. The van der Waals surface area contributed by atoms with Crippen LogP contribution < -0.4 is 15.4 Å². The number of alkyl halides is 3. The van der Waals surface area contributed by atoms with E-state index in [0.717, 1.165) is 16.4 Å². The minimum atomic E-state index is -4.74. The molecule has 2 saturated heterocycles. The number of ether oxygens (including phenoxy) is 1. The number of carbonyl (C=O) groups excluding carboxylic acids is 1. The Bertz CT molecular complexity index is 1250. The Hall–Kier alpha value is -3.28. The topological polar surface area (TPSA) is 104 Å². The average molecular weight is 476 g/mol. The molecule has 34 heavy (non-hydrogen) atoms. The van der Waals surface area contributed by atoms with Gasteiger partial charge in [0.2, 0.25) is 5.95 Å². The number of rotatable bonds is 4. The molecular weight excluding hydrogens is 453 g/mol. The van der Waals surface area contributed by atoms with Crippen LogP contribution in [0.3, 0.4) is 0 Å². The van der Waals surface area contributed by atoms with E-state index >= 15 is 0 Å². The molecular formula is C22H23F3N6O3. The number of ketones is 1. The van der Waals surface area contributed by atoms with Crippen molar-refractivity contribution >= 4 is 23.3 Å². The van der Waals surface area contributed by atoms with Gasteiger partial charge in [-0.05, 0) is 25.5 Å². The highest BCUT2D eigenvalue weighted by molar-refractivity contribution is 5.99. The number of Topliss-reactive ketones (excluding diaryl/α,β-unsaturated/α-hetero) is 1. The lowest BCUT2D eigenvalue weighted by molar-refractivity contribution is -0.181. The fraction of sp³-hybridized carbons (Fsp3) is 0.500. The molecule has 2 bridgehead atoms. The summed E-state index contributed by atoms with van der Waals surface area (Å²) >= 11 is 0. The molecule has 0 aromatic carbocycles. The number of pyridine rings is 1. The SMILES string of the molecule is Cc1cncc(C(=O)CN2c3nc(N4C[C@@H]5CC4C(=N)CO5)cc(=O)n3C[C@@]2(C)C(F)(F)F)c1. The number of aryl methyl sites for hydroxylation is 1. The van der Waals surface area contributed by atoms with Crippen molar-refractivity contribution in [3.63, 3.8) is 0 Å². The molecule has 0 aliphatic carbocycles. The highest BCUT2D eigenvalue weighted by Gasteiger charge is 2.60. The maximum absolute atomic E-state index is 14.3. The summed E-state index contributed by atoms with van der Waals surface area (Å²) in [5.41, 5.74) is -1.94. The Balaban J connectivity index is 1.57. The van der Waals surface area contributed by atoms with Crippen LogP contribution in [0.1, 0.15) is 29.3 Å². The van der Waals surface area contributed by atoms with Gasteiger partial charge in [0, 0.05) is 37.0 Å². The van der Waals surface area contributed by atoms with Crippen molar-refractivity contribution in [3.8, 4) is 0 Å². The zero-order valence-electron chi connectivity index (χ0n) is 18.6. The van der Waals surface area contributed by atoms with Crippen LogP contribution in [0.25, 0.3) is 0 Å². The molecule has 1 unspecified atom stereocenters. The third-order valence-electron chi connectivity index (χ3n) is 6.82. The second-order valence-corrected chi connectivity index (χ2v) is 9.23. The molecule has 0 saturated carbocycles. The van der Waals surface area contributed by atoms with Gasteiger partial charge in [0.1, 0.15) is 5.82 Å². The Labute approximate surface area is 192 Å². The number of hydrogen-bond acceptors (Lipinski definition) is 8. The Morgan fingerprint density at radius 3 is 2.79 bits per heavy atom. The van der Waals surface area contributed by atoms with Gasteiger partial charge in [-0.3, -0.25) is 19.1 Å². The highest BCUT2D eigenvalue weighted by Crippen LogP contribution is 2.43. The molecule has 180 valence electrons. The van der Waals surface area contributed by atoms with E-state index in [-0.39, 0.29) is 36.1 Å². The summed E-state index contributed by atoms with van der Waals surface area (Å²) in [6.45, 7) is 1.95. The summed E-state index contributed by atoms with van der Waals surface area (Å²) in [6, 6.07) is 2.44. The highest BCUT2D eigenvalue weighted by atomic mass is 19.4. The van der Waals surface area contributed by atoms with E-state index < -0.39 is 36.1 Å². The molecule has 5 rings (SSSR count). The van der Waals surface area contributed by atoms with Crippen molar-refractivity contribution in [2.75, 3.05) is 29.5 Å². The number of nitrogens with one attached hydrogen (secondary N) is 1. The smallest absolute Gasteiger partial charge is 0.370 e. The zero-order valence-corrected chi connectivity index (χ0v) is 18.6. The maximum Gasteiger partial charge on any atom is 0.413 e. The molecule has 0 amide bonds. The van der Waals surface area contributed by atoms with Crippen molar-refractivity contribution in [2.24, 2.45) is 0 Å². The normalized spacial score (nSPS) is 26.2. The molecule has 2 aromatic heterocycles. The average Bonchev–Trinajstić information content (AvgIpc) is 3.28. The summed E-state index contributed by atoms with van der Waals surface area (Å²) in [7, 11) is 0. The molecule has 3 aliphatic rings. The van der Waals surface area contributed by atoms with E-state index in [0.29, 0.717) is 24.2 Å². The number of hydrogen-bond donors (Lipinski definition) is 1. The number of fused-ring (bicyclic) bond motifs is 3. The first kappa shape index (κ1) is 22.5. The van der Waals surface area contributed by atoms with Crippen LogP contribution in [0.15, 0.2) is 29.3 Å². The molecule has 2 aromatic rings. The molecule has 1 N–H and O–H groups in total. The zero-order chi connectivity index (χ0) is 24.4. The second-order valence-electron chi connectivity index (χ2n) is 9.23.